The van der Waals surface area contributed by atoms with Crippen LogP contribution >= 0.6 is 23.2 Å². The van der Waals surface area contributed by atoms with Gasteiger partial charge >= 0.3 is 0 Å². The molecule has 0 saturated carbocycles. The van der Waals surface area contributed by atoms with Crippen molar-refractivity contribution in [3.05, 3.63) is 38.4 Å². The first-order valence-electron chi connectivity index (χ1n) is 4.01. The first-order valence-corrected chi connectivity index (χ1v) is 4.92. The third kappa shape index (κ3) is 2.46. The van der Waals surface area contributed by atoms with E-state index in [4.69, 9.17) is 23.2 Å². The van der Waals surface area contributed by atoms with Crippen LogP contribution in [0.5, 0.6) is 0 Å². The number of nitro benzene ring substituents is 1. The minimum atomic E-state index is -0.577. The topological polar surface area (TPSA) is 60.2 Å². The normalized spacial score (nSPS) is 10.1. The van der Waals surface area contributed by atoms with Crippen LogP contribution < -0.4 is 0 Å². The van der Waals surface area contributed by atoms with E-state index >= 15 is 0 Å². The lowest BCUT2D eigenvalue weighted by Gasteiger charge is -2.03. The first-order chi connectivity index (χ1) is 6.97. The number of alkyl halides is 1. The van der Waals surface area contributed by atoms with E-state index in [0.717, 1.165) is 0 Å². The molecule has 80 valence electrons. The van der Waals surface area contributed by atoms with Crippen LogP contribution in [0.25, 0.3) is 0 Å². The van der Waals surface area contributed by atoms with Gasteiger partial charge in [-0.05, 0) is 13.0 Å². The van der Waals surface area contributed by atoms with Crippen LogP contribution in [0.4, 0.5) is 5.69 Å². The lowest BCUT2D eigenvalue weighted by Crippen LogP contribution is -2.03. The highest BCUT2D eigenvalue weighted by atomic mass is 35.5. The standard InChI is InChI=1S/C9H7Cl2NO3/c1-5-7(11)2-6(9(13)4-10)3-8(5)12(14)15/h2-3H,4H2,1H3. The Balaban J connectivity index is 3.35. The highest BCUT2D eigenvalue weighted by Crippen LogP contribution is 2.27. The molecule has 0 heterocycles. The molecule has 0 spiro atoms. The number of carbonyl (C=O) groups is 1. The number of ketones is 1. The van der Waals surface area contributed by atoms with Crippen molar-refractivity contribution in [3.8, 4) is 0 Å². The fourth-order valence-electron chi connectivity index (χ4n) is 1.09. The second-order valence-electron chi connectivity index (χ2n) is 2.92. The smallest absolute Gasteiger partial charge is 0.274 e. The van der Waals surface area contributed by atoms with Crippen molar-refractivity contribution in [1.29, 1.82) is 0 Å². The summed E-state index contributed by atoms with van der Waals surface area (Å²) in [6, 6.07) is 2.57. The molecule has 0 aliphatic heterocycles. The minimum Gasteiger partial charge on any atom is -0.293 e. The Morgan fingerprint density at radius 3 is 2.60 bits per heavy atom. The maximum atomic E-state index is 11.2. The summed E-state index contributed by atoms with van der Waals surface area (Å²) in [6.07, 6.45) is 0. The fourth-order valence-corrected chi connectivity index (χ4v) is 1.46. The second kappa shape index (κ2) is 4.59. The van der Waals surface area contributed by atoms with Crippen molar-refractivity contribution < 1.29 is 9.72 Å². The van der Waals surface area contributed by atoms with Crippen molar-refractivity contribution in [2.75, 3.05) is 5.88 Å². The third-order valence-corrected chi connectivity index (χ3v) is 2.59. The zero-order valence-electron chi connectivity index (χ0n) is 7.79. The van der Waals surface area contributed by atoms with E-state index in [2.05, 4.69) is 0 Å². The molecule has 4 nitrogen and oxygen atoms in total. The van der Waals surface area contributed by atoms with Gasteiger partial charge in [-0.2, -0.15) is 0 Å². The zero-order chi connectivity index (χ0) is 11.6. The van der Waals surface area contributed by atoms with Gasteiger partial charge in [0.05, 0.1) is 15.8 Å². The van der Waals surface area contributed by atoms with Gasteiger partial charge in [-0.1, -0.05) is 11.6 Å². The van der Waals surface area contributed by atoms with E-state index in [9.17, 15) is 14.9 Å². The molecule has 0 aromatic heterocycles. The van der Waals surface area contributed by atoms with E-state index in [1.54, 1.807) is 0 Å². The van der Waals surface area contributed by atoms with Gasteiger partial charge in [0.15, 0.2) is 5.78 Å². The molecule has 15 heavy (non-hydrogen) atoms. The van der Waals surface area contributed by atoms with Crippen molar-refractivity contribution in [2.24, 2.45) is 0 Å². The number of nitro groups is 1. The number of hydrogen-bond donors (Lipinski definition) is 0. The molecule has 0 fully saturated rings. The maximum Gasteiger partial charge on any atom is 0.274 e. The van der Waals surface area contributed by atoms with E-state index in [0.29, 0.717) is 5.56 Å². The first kappa shape index (κ1) is 11.9. The van der Waals surface area contributed by atoms with Crippen LogP contribution in [-0.4, -0.2) is 16.6 Å². The summed E-state index contributed by atoms with van der Waals surface area (Å²) < 4.78 is 0. The molecule has 0 unspecified atom stereocenters. The Kier molecular flexibility index (Phi) is 3.66. The fraction of sp³-hybridized carbons (Fsp3) is 0.222. The van der Waals surface area contributed by atoms with Crippen molar-refractivity contribution in [2.45, 2.75) is 6.92 Å². The Morgan fingerprint density at radius 2 is 2.13 bits per heavy atom. The molecule has 1 rings (SSSR count). The highest BCUT2D eigenvalue weighted by molar-refractivity contribution is 6.33. The van der Waals surface area contributed by atoms with E-state index in [1.807, 2.05) is 0 Å². The monoisotopic (exact) mass is 247 g/mol. The van der Waals surface area contributed by atoms with Crippen LogP contribution in [0.15, 0.2) is 12.1 Å². The molecular weight excluding hydrogens is 241 g/mol. The molecule has 0 radical (unpaired) electrons. The Morgan fingerprint density at radius 1 is 1.53 bits per heavy atom. The Bertz CT molecular complexity index is 432. The molecule has 0 bridgehead atoms. The van der Waals surface area contributed by atoms with Crippen LogP contribution in [0.3, 0.4) is 0 Å². The van der Waals surface area contributed by atoms with Crippen LogP contribution in [0.2, 0.25) is 5.02 Å². The maximum absolute atomic E-state index is 11.2. The van der Waals surface area contributed by atoms with Crippen molar-refractivity contribution in [3.63, 3.8) is 0 Å². The molecule has 0 amide bonds. The lowest BCUT2D eigenvalue weighted by atomic mass is 10.1. The molecular formula is C9H7Cl2NO3. The van der Waals surface area contributed by atoms with Gasteiger partial charge in [0, 0.05) is 17.2 Å². The average Bonchev–Trinajstić information content (AvgIpc) is 2.20. The van der Waals surface area contributed by atoms with Gasteiger partial charge in [-0.3, -0.25) is 14.9 Å². The number of benzene rings is 1. The summed E-state index contributed by atoms with van der Waals surface area (Å²) >= 11 is 11.1. The summed E-state index contributed by atoms with van der Waals surface area (Å²) in [7, 11) is 0. The Labute approximate surface area is 95.9 Å². The number of Topliss-reactive ketones (excluding diaryl/α,β-unsaturated/α-hetero) is 1. The Hall–Kier alpha value is -1.13. The number of rotatable bonds is 3. The SMILES string of the molecule is Cc1c(Cl)cc(C(=O)CCl)cc1[N+](=O)[O-]. The quantitative estimate of drug-likeness (QED) is 0.357. The van der Waals surface area contributed by atoms with Gasteiger partial charge in [0.1, 0.15) is 0 Å². The van der Waals surface area contributed by atoms with Crippen LogP contribution in [-0.2, 0) is 0 Å². The molecule has 6 heteroatoms. The molecule has 0 atom stereocenters. The molecule has 0 N–H and O–H groups in total. The summed E-state index contributed by atoms with van der Waals surface area (Å²) in [5.41, 5.74) is 0.330. The van der Waals surface area contributed by atoms with E-state index in [1.165, 1.54) is 19.1 Å². The predicted octanol–water partition coefficient (Wildman–Crippen LogP) is 2.98. The zero-order valence-corrected chi connectivity index (χ0v) is 9.30. The number of halogens is 2. The molecule has 1 aromatic rings. The number of carbonyl (C=O) groups excluding carboxylic acids is 1. The predicted molar refractivity (Wildman–Crippen MR) is 57.9 cm³/mol. The molecule has 1 aromatic carbocycles. The molecule has 0 aliphatic rings. The van der Waals surface area contributed by atoms with Gasteiger partial charge in [-0.15, -0.1) is 11.6 Å². The van der Waals surface area contributed by atoms with E-state index < -0.39 is 4.92 Å². The van der Waals surface area contributed by atoms with Gasteiger partial charge in [-0.25, -0.2) is 0 Å². The minimum absolute atomic E-state index is 0.160. The summed E-state index contributed by atoms with van der Waals surface area (Å²) in [5, 5.41) is 10.8. The number of nitrogens with zero attached hydrogens (tertiary/aromatic N) is 1. The molecule has 0 saturated heterocycles. The van der Waals surface area contributed by atoms with Crippen LogP contribution in [0.1, 0.15) is 15.9 Å². The van der Waals surface area contributed by atoms with Crippen molar-refractivity contribution in [1.82, 2.24) is 0 Å². The van der Waals surface area contributed by atoms with Gasteiger partial charge in [0.2, 0.25) is 0 Å². The summed E-state index contributed by atoms with van der Waals surface area (Å²) in [5.74, 6) is -0.613. The average molecular weight is 248 g/mol. The van der Waals surface area contributed by atoms with E-state index in [-0.39, 0.29) is 27.9 Å². The van der Waals surface area contributed by atoms with Gasteiger partial charge in [0.25, 0.3) is 5.69 Å². The lowest BCUT2D eigenvalue weighted by molar-refractivity contribution is -0.385. The second-order valence-corrected chi connectivity index (χ2v) is 3.59. The largest absolute Gasteiger partial charge is 0.293 e. The number of hydrogen-bond acceptors (Lipinski definition) is 3. The van der Waals surface area contributed by atoms with Crippen LogP contribution in [0, 0.1) is 17.0 Å². The summed E-state index contributed by atoms with van der Waals surface area (Å²) in [4.78, 5) is 21.3. The highest BCUT2D eigenvalue weighted by Gasteiger charge is 2.17. The molecule has 0 aliphatic carbocycles. The summed E-state index contributed by atoms with van der Waals surface area (Å²) in [6.45, 7) is 1.52. The van der Waals surface area contributed by atoms with Gasteiger partial charge < -0.3 is 0 Å². The third-order valence-electron chi connectivity index (χ3n) is 1.96. The van der Waals surface area contributed by atoms with Crippen molar-refractivity contribution >= 4 is 34.7 Å².